The molecule has 3 nitrogen and oxygen atoms in total. The first-order valence-corrected chi connectivity index (χ1v) is 7.12. The summed E-state index contributed by atoms with van der Waals surface area (Å²) in [7, 11) is 1.73. The van der Waals surface area contributed by atoms with E-state index >= 15 is 0 Å². The van der Waals surface area contributed by atoms with Gasteiger partial charge in [-0.05, 0) is 57.0 Å². The summed E-state index contributed by atoms with van der Waals surface area (Å²) in [6.45, 7) is 11.3. The second-order valence-corrected chi connectivity index (χ2v) is 5.15. The Labute approximate surface area is 117 Å². The van der Waals surface area contributed by atoms with Crippen LogP contribution in [0.3, 0.4) is 0 Å². The van der Waals surface area contributed by atoms with Crippen LogP contribution in [0.5, 0.6) is 0 Å². The van der Waals surface area contributed by atoms with Crippen LogP contribution in [0.4, 0.5) is 0 Å². The SMILES string of the molecule is COCCNCCCNCc1c(C)cc(C)cc1C. The predicted molar refractivity (Wildman–Crippen MR) is 81.7 cm³/mol. The topological polar surface area (TPSA) is 33.3 Å². The molecule has 1 aromatic carbocycles. The van der Waals surface area contributed by atoms with Gasteiger partial charge < -0.3 is 15.4 Å². The van der Waals surface area contributed by atoms with Crippen LogP contribution < -0.4 is 10.6 Å². The van der Waals surface area contributed by atoms with Crippen LogP contribution in [-0.2, 0) is 11.3 Å². The van der Waals surface area contributed by atoms with Crippen LogP contribution in [0.1, 0.15) is 28.7 Å². The van der Waals surface area contributed by atoms with Gasteiger partial charge in [-0.2, -0.15) is 0 Å². The van der Waals surface area contributed by atoms with Crippen molar-refractivity contribution in [1.82, 2.24) is 10.6 Å². The second kappa shape index (κ2) is 9.08. The van der Waals surface area contributed by atoms with Crippen LogP contribution in [0.15, 0.2) is 12.1 Å². The average Bonchev–Trinajstić information content (AvgIpc) is 2.35. The van der Waals surface area contributed by atoms with Crippen molar-refractivity contribution in [3.05, 3.63) is 34.4 Å². The fourth-order valence-corrected chi connectivity index (χ4v) is 2.34. The zero-order valence-electron chi connectivity index (χ0n) is 12.8. The van der Waals surface area contributed by atoms with E-state index in [9.17, 15) is 0 Å². The molecule has 0 saturated carbocycles. The molecule has 0 atom stereocenters. The molecule has 1 aromatic rings. The number of nitrogens with one attached hydrogen (secondary N) is 2. The molecule has 0 radical (unpaired) electrons. The van der Waals surface area contributed by atoms with Gasteiger partial charge in [0.2, 0.25) is 0 Å². The van der Waals surface area contributed by atoms with Gasteiger partial charge in [-0.3, -0.25) is 0 Å². The standard InChI is InChI=1S/C16H28N2O/c1-13-10-14(2)16(15(3)11-13)12-18-7-5-6-17-8-9-19-4/h10-11,17-18H,5-9,12H2,1-4H3. The first kappa shape index (κ1) is 16.2. The number of rotatable bonds is 9. The van der Waals surface area contributed by atoms with Crippen molar-refractivity contribution in [2.45, 2.75) is 33.7 Å². The summed E-state index contributed by atoms with van der Waals surface area (Å²) < 4.78 is 4.99. The highest BCUT2D eigenvalue weighted by atomic mass is 16.5. The van der Waals surface area contributed by atoms with E-state index in [0.29, 0.717) is 0 Å². The van der Waals surface area contributed by atoms with E-state index in [2.05, 4.69) is 43.5 Å². The zero-order chi connectivity index (χ0) is 14.1. The summed E-state index contributed by atoms with van der Waals surface area (Å²) >= 11 is 0. The van der Waals surface area contributed by atoms with Gasteiger partial charge in [-0.25, -0.2) is 0 Å². The number of benzene rings is 1. The Bertz CT molecular complexity index is 354. The van der Waals surface area contributed by atoms with Crippen molar-refractivity contribution in [3.8, 4) is 0 Å². The van der Waals surface area contributed by atoms with Gasteiger partial charge in [0.25, 0.3) is 0 Å². The summed E-state index contributed by atoms with van der Waals surface area (Å²) in [4.78, 5) is 0. The van der Waals surface area contributed by atoms with Crippen molar-refractivity contribution in [1.29, 1.82) is 0 Å². The monoisotopic (exact) mass is 264 g/mol. The lowest BCUT2D eigenvalue weighted by atomic mass is 10.00. The molecule has 0 spiro atoms. The van der Waals surface area contributed by atoms with E-state index in [4.69, 9.17) is 4.74 Å². The number of methoxy groups -OCH3 is 1. The molecule has 19 heavy (non-hydrogen) atoms. The Morgan fingerprint density at radius 2 is 1.58 bits per heavy atom. The first-order chi connectivity index (χ1) is 9.15. The number of ether oxygens (including phenoxy) is 1. The third kappa shape index (κ3) is 6.19. The minimum Gasteiger partial charge on any atom is -0.383 e. The molecule has 2 N–H and O–H groups in total. The first-order valence-electron chi connectivity index (χ1n) is 7.12. The molecular weight excluding hydrogens is 236 g/mol. The Morgan fingerprint density at radius 3 is 2.21 bits per heavy atom. The molecule has 1 rings (SSSR count). The Kier molecular flexibility index (Phi) is 7.72. The molecule has 108 valence electrons. The lowest BCUT2D eigenvalue weighted by Gasteiger charge is -2.12. The van der Waals surface area contributed by atoms with Gasteiger partial charge in [0.05, 0.1) is 6.61 Å². The highest BCUT2D eigenvalue weighted by Gasteiger charge is 2.02. The largest absolute Gasteiger partial charge is 0.383 e. The fourth-order valence-electron chi connectivity index (χ4n) is 2.34. The van der Waals surface area contributed by atoms with Crippen molar-refractivity contribution >= 4 is 0 Å². The normalized spacial score (nSPS) is 10.9. The van der Waals surface area contributed by atoms with Crippen LogP contribution in [-0.4, -0.2) is 33.4 Å². The molecule has 3 heteroatoms. The summed E-state index contributed by atoms with van der Waals surface area (Å²) in [5.41, 5.74) is 5.57. The third-order valence-corrected chi connectivity index (χ3v) is 3.33. The lowest BCUT2D eigenvalue weighted by Crippen LogP contribution is -2.24. The zero-order valence-corrected chi connectivity index (χ0v) is 12.8. The van der Waals surface area contributed by atoms with Crippen LogP contribution in [0.25, 0.3) is 0 Å². The summed E-state index contributed by atoms with van der Waals surface area (Å²) in [6.07, 6.45) is 1.15. The second-order valence-electron chi connectivity index (χ2n) is 5.15. The fraction of sp³-hybridized carbons (Fsp3) is 0.625. The van der Waals surface area contributed by atoms with Gasteiger partial charge in [0.1, 0.15) is 0 Å². The lowest BCUT2D eigenvalue weighted by molar-refractivity contribution is 0.199. The van der Waals surface area contributed by atoms with E-state index in [1.54, 1.807) is 7.11 Å². The maximum Gasteiger partial charge on any atom is 0.0587 e. The molecule has 0 aliphatic rings. The van der Waals surface area contributed by atoms with Gasteiger partial charge in [-0.15, -0.1) is 0 Å². The highest BCUT2D eigenvalue weighted by molar-refractivity contribution is 5.37. The molecule has 0 aliphatic carbocycles. The van der Waals surface area contributed by atoms with Crippen LogP contribution >= 0.6 is 0 Å². The number of aryl methyl sites for hydroxylation is 3. The quantitative estimate of drug-likeness (QED) is 0.672. The molecule has 0 heterocycles. The van der Waals surface area contributed by atoms with Gasteiger partial charge >= 0.3 is 0 Å². The van der Waals surface area contributed by atoms with Crippen LogP contribution in [0, 0.1) is 20.8 Å². The molecule has 0 aliphatic heterocycles. The molecule has 0 aromatic heterocycles. The van der Waals surface area contributed by atoms with Gasteiger partial charge in [0.15, 0.2) is 0 Å². The Morgan fingerprint density at radius 1 is 0.947 bits per heavy atom. The molecular formula is C16H28N2O. The van der Waals surface area contributed by atoms with E-state index in [1.165, 1.54) is 22.3 Å². The van der Waals surface area contributed by atoms with Crippen molar-refractivity contribution < 1.29 is 4.74 Å². The average molecular weight is 264 g/mol. The van der Waals surface area contributed by atoms with Crippen LogP contribution in [0.2, 0.25) is 0 Å². The summed E-state index contributed by atoms with van der Waals surface area (Å²) in [5.74, 6) is 0. The smallest absolute Gasteiger partial charge is 0.0587 e. The maximum atomic E-state index is 4.99. The van der Waals surface area contributed by atoms with E-state index in [1.807, 2.05) is 0 Å². The summed E-state index contributed by atoms with van der Waals surface area (Å²) in [5, 5.41) is 6.87. The molecule has 0 bridgehead atoms. The Hall–Kier alpha value is -0.900. The van der Waals surface area contributed by atoms with Gasteiger partial charge in [-0.1, -0.05) is 17.7 Å². The van der Waals surface area contributed by atoms with Crippen molar-refractivity contribution in [2.75, 3.05) is 33.4 Å². The number of hydrogen-bond donors (Lipinski definition) is 2. The third-order valence-electron chi connectivity index (χ3n) is 3.33. The van der Waals surface area contributed by atoms with E-state index in [-0.39, 0.29) is 0 Å². The minimum atomic E-state index is 0.787. The molecule has 0 amide bonds. The molecule has 0 unspecified atom stereocenters. The molecule has 0 fully saturated rings. The van der Waals surface area contributed by atoms with Crippen molar-refractivity contribution in [2.24, 2.45) is 0 Å². The highest BCUT2D eigenvalue weighted by Crippen LogP contribution is 2.15. The van der Waals surface area contributed by atoms with E-state index in [0.717, 1.165) is 39.2 Å². The Balaban J connectivity index is 2.19. The maximum absolute atomic E-state index is 4.99. The minimum absolute atomic E-state index is 0.787. The van der Waals surface area contributed by atoms with Gasteiger partial charge in [0, 0.05) is 20.2 Å². The number of hydrogen-bond acceptors (Lipinski definition) is 3. The summed E-state index contributed by atoms with van der Waals surface area (Å²) in [6, 6.07) is 4.52. The predicted octanol–water partition coefficient (Wildman–Crippen LogP) is 2.33. The van der Waals surface area contributed by atoms with E-state index < -0.39 is 0 Å². The van der Waals surface area contributed by atoms with Crippen molar-refractivity contribution in [3.63, 3.8) is 0 Å². The molecule has 0 saturated heterocycles.